The van der Waals surface area contributed by atoms with E-state index < -0.39 is 17.4 Å². The van der Waals surface area contributed by atoms with Gasteiger partial charge in [-0.1, -0.05) is 37.8 Å². The summed E-state index contributed by atoms with van der Waals surface area (Å²) in [5.74, 6) is 0.379. The molecule has 1 aromatic rings. The van der Waals surface area contributed by atoms with Gasteiger partial charge in [0.2, 0.25) is 0 Å². The summed E-state index contributed by atoms with van der Waals surface area (Å²) in [5.41, 5.74) is 12.1. The fourth-order valence-corrected chi connectivity index (χ4v) is 3.62. The van der Waals surface area contributed by atoms with Gasteiger partial charge in [-0.2, -0.15) is 13.2 Å². The van der Waals surface area contributed by atoms with Crippen molar-refractivity contribution >= 4 is 11.7 Å². The Kier molecular flexibility index (Phi) is 4.77. The molecule has 2 aliphatic rings. The number of halogens is 3. The van der Waals surface area contributed by atoms with Crippen molar-refractivity contribution in [3.63, 3.8) is 0 Å². The first kappa shape index (κ1) is 17.8. The lowest BCUT2D eigenvalue weighted by Gasteiger charge is -2.35. The second-order valence-electron chi connectivity index (χ2n) is 6.83. The predicted molar refractivity (Wildman–Crippen MR) is 92.3 cm³/mol. The molecule has 1 saturated carbocycles. The highest BCUT2D eigenvalue weighted by Gasteiger charge is 2.36. The molecule has 1 atom stereocenters. The molecule has 7 heteroatoms. The topological polar surface area (TPSA) is 76.4 Å². The van der Waals surface area contributed by atoms with Crippen LogP contribution in [0, 0.1) is 5.92 Å². The molecule has 1 aromatic carbocycles. The van der Waals surface area contributed by atoms with Crippen LogP contribution in [-0.4, -0.2) is 11.6 Å². The molecule has 5 N–H and O–H groups in total. The average Bonchev–Trinajstić information content (AvgIpc) is 2.83. The van der Waals surface area contributed by atoms with E-state index in [1.54, 1.807) is 0 Å². The number of rotatable bonds is 2. The number of guanidine groups is 1. The van der Waals surface area contributed by atoms with Crippen LogP contribution in [0.5, 0.6) is 0 Å². The molecule has 4 nitrogen and oxygen atoms in total. The maximum atomic E-state index is 12.7. The molecule has 1 fully saturated rings. The summed E-state index contributed by atoms with van der Waals surface area (Å²) in [7, 11) is 0. The SMILES string of the molecule is NC1=NC(N)(C2CCCCCC2)C=C(c2ccc(C(F)(F)F)cc2)N1. The van der Waals surface area contributed by atoms with Crippen molar-refractivity contribution in [2.75, 3.05) is 0 Å². The maximum Gasteiger partial charge on any atom is 0.416 e. The number of hydrogen-bond donors (Lipinski definition) is 3. The summed E-state index contributed by atoms with van der Waals surface area (Å²) >= 11 is 0. The summed E-state index contributed by atoms with van der Waals surface area (Å²) in [5, 5.41) is 2.93. The lowest BCUT2D eigenvalue weighted by atomic mass is 9.85. The number of hydrogen-bond acceptors (Lipinski definition) is 4. The lowest BCUT2D eigenvalue weighted by Crippen LogP contribution is -2.50. The summed E-state index contributed by atoms with van der Waals surface area (Å²) in [6.45, 7) is 0. The molecule has 1 aliphatic carbocycles. The van der Waals surface area contributed by atoms with Crippen LogP contribution in [0.15, 0.2) is 35.3 Å². The van der Waals surface area contributed by atoms with Crippen LogP contribution in [0.2, 0.25) is 0 Å². The third-order valence-electron chi connectivity index (χ3n) is 4.98. The Morgan fingerprint density at radius 3 is 2.20 bits per heavy atom. The number of benzene rings is 1. The van der Waals surface area contributed by atoms with Crippen LogP contribution in [0.25, 0.3) is 5.70 Å². The van der Waals surface area contributed by atoms with Crippen molar-refractivity contribution in [3.05, 3.63) is 41.5 Å². The van der Waals surface area contributed by atoms with E-state index in [4.69, 9.17) is 11.5 Å². The molecule has 1 unspecified atom stereocenters. The predicted octanol–water partition coefficient (Wildman–Crippen LogP) is 3.59. The first-order chi connectivity index (χ1) is 11.8. The smallest absolute Gasteiger partial charge is 0.370 e. The molecule has 0 saturated heterocycles. The number of nitrogens with two attached hydrogens (primary N) is 2. The van der Waals surface area contributed by atoms with Crippen LogP contribution < -0.4 is 16.8 Å². The van der Waals surface area contributed by atoms with Gasteiger partial charge in [0.25, 0.3) is 0 Å². The molecule has 136 valence electrons. The Bertz CT molecular complexity index is 671. The second kappa shape index (κ2) is 6.71. The fraction of sp³-hybridized carbons (Fsp3) is 0.500. The number of aliphatic imine (C=N–C) groups is 1. The van der Waals surface area contributed by atoms with Crippen molar-refractivity contribution in [2.24, 2.45) is 22.4 Å². The molecule has 0 spiro atoms. The normalized spacial score (nSPS) is 25.6. The van der Waals surface area contributed by atoms with Gasteiger partial charge in [-0.25, -0.2) is 4.99 Å². The van der Waals surface area contributed by atoms with E-state index in [-0.39, 0.29) is 11.9 Å². The molecule has 0 amide bonds. The first-order valence-corrected chi connectivity index (χ1v) is 8.60. The van der Waals surface area contributed by atoms with E-state index in [9.17, 15) is 13.2 Å². The average molecular weight is 352 g/mol. The van der Waals surface area contributed by atoms with E-state index in [1.165, 1.54) is 25.0 Å². The Morgan fingerprint density at radius 2 is 1.64 bits per heavy atom. The van der Waals surface area contributed by atoms with E-state index in [0.717, 1.165) is 37.8 Å². The minimum Gasteiger partial charge on any atom is -0.370 e. The van der Waals surface area contributed by atoms with Crippen LogP contribution in [0.1, 0.15) is 49.7 Å². The van der Waals surface area contributed by atoms with Gasteiger partial charge in [-0.3, -0.25) is 0 Å². The van der Waals surface area contributed by atoms with Gasteiger partial charge in [0.15, 0.2) is 5.96 Å². The van der Waals surface area contributed by atoms with Crippen LogP contribution >= 0.6 is 0 Å². The molecule has 0 radical (unpaired) electrons. The first-order valence-electron chi connectivity index (χ1n) is 8.60. The van der Waals surface area contributed by atoms with Crippen molar-refractivity contribution in [3.8, 4) is 0 Å². The van der Waals surface area contributed by atoms with Crippen molar-refractivity contribution < 1.29 is 13.2 Å². The van der Waals surface area contributed by atoms with Crippen LogP contribution in [0.3, 0.4) is 0 Å². The molecule has 25 heavy (non-hydrogen) atoms. The molecular weight excluding hydrogens is 329 g/mol. The third kappa shape index (κ3) is 3.98. The monoisotopic (exact) mass is 352 g/mol. The molecule has 0 bridgehead atoms. The Labute approximate surface area is 145 Å². The number of nitrogens with zero attached hydrogens (tertiary/aromatic N) is 1. The molecular formula is C18H23F3N4. The number of alkyl halides is 3. The molecule has 1 aliphatic heterocycles. The highest BCUT2D eigenvalue weighted by Crippen LogP contribution is 2.35. The van der Waals surface area contributed by atoms with Crippen LogP contribution in [0.4, 0.5) is 13.2 Å². The van der Waals surface area contributed by atoms with Crippen molar-refractivity contribution in [1.82, 2.24) is 5.32 Å². The van der Waals surface area contributed by atoms with Gasteiger partial charge < -0.3 is 16.8 Å². The zero-order valence-electron chi connectivity index (χ0n) is 13.9. The summed E-state index contributed by atoms with van der Waals surface area (Å²) in [4.78, 5) is 4.42. The van der Waals surface area contributed by atoms with E-state index in [1.807, 2.05) is 6.08 Å². The quantitative estimate of drug-likeness (QED) is 0.712. The van der Waals surface area contributed by atoms with Gasteiger partial charge in [0.05, 0.1) is 5.56 Å². The minimum absolute atomic E-state index is 0.181. The largest absolute Gasteiger partial charge is 0.416 e. The molecule has 0 aromatic heterocycles. The van der Waals surface area contributed by atoms with E-state index in [2.05, 4.69) is 10.3 Å². The van der Waals surface area contributed by atoms with E-state index in [0.29, 0.717) is 11.3 Å². The Balaban J connectivity index is 1.89. The second-order valence-corrected chi connectivity index (χ2v) is 6.83. The molecule has 3 rings (SSSR count). The summed E-state index contributed by atoms with van der Waals surface area (Å²) < 4.78 is 38.2. The van der Waals surface area contributed by atoms with Gasteiger partial charge >= 0.3 is 6.18 Å². The van der Waals surface area contributed by atoms with Gasteiger partial charge in [0, 0.05) is 11.6 Å². The van der Waals surface area contributed by atoms with Crippen LogP contribution in [-0.2, 0) is 6.18 Å². The van der Waals surface area contributed by atoms with Gasteiger partial charge in [-0.15, -0.1) is 0 Å². The Morgan fingerprint density at radius 1 is 1.04 bits per heavy atom. The van der Waals surface area contributed by atoms with Crippen molar-refractivity contribution in [2.45, 2.75) is 50.4 Å². The highest BCUT2D eigenvalue weighted by molar-refractivity contribution is 5.90. The minimum atomic E-state index is -4.36. The molecule has 1 heterocycles. The van der Waals surface area contributed by atoms with Gasteiger partial charge in [0.1, 0.15) is 5.66 Å². The van der Waals surface area contributed by atoms with Crippen molar-refractivity contribution in [1.29, 1.82) is 0 Å². The summed E-state index contributed by atoms with van der Waals surface area (Å²) in [6.07, 6.45) is 4.01. The standard InChI is InChI=1S/C18H23F3N4/c19-18(20,21)14-9-7-12(8-10-14)15-11-17(23,25-16(22)24-15)13-5-3-1-2-4-6-13/h7-11,13H,1-6,23H2,(H3,22,24,25). The number of nitrogens with one attached hydrogen (secondary N) is 1. The fourth-order valence-electron chi connectivity index (χ4n) is 3.62. The summed E-state index contributed by atoms with van der Waals surface area (Å²) in [6, 6.07) is 4.97. The lowest BCUT2D eigenvalue weighted by molar-refractivity contribution is -0.137. The zero-order chi connectivity index (χ0) is 18.1. The maximum absolute atomic E-state index is 12.7. The zero-order valence-corrected chi connectivity index (χ0v) is 13.9. The third-order valence-corrected chi connectivity index (χ3v) is 4.98. The Hall–Kier alpha value is -2.02. The highest BCUT2D eigenvalue weighted by atomic mass is 19.4. The van der Waals surface area contributed by atoms with E-state index >= 15 is 0 Å². The van der Waals surface area contributed by atoms with Gasteiger partial charge in [-0.05, 0) is 36.6 Å².